The van der Waals surface area contributed by atoms with Gasteiger partial charge in [-0.1, -0.05) is 31.2 Å². The second-order valence-electron chi connectivity index (χ2n) is 4.68. The molecule has 0 bridgehead atoms. The molecular weight excluding hydrogens is 224 g/mol. The molecule has 1 aromatic carbocycles. The molecule has 94 valence electrons. The van der Waals surface area contributed by atoms with E-state index in [2.05, 4.69) is 24.2 Å². The SMILES string of the molecule is CCc1ccc(-c2nn(C(C)C)cc2C=O)cc1. The van der Waals surface area contributed by atoms with Crippen molar-refractivity contribution in [2.45, 2.75) is 33.2 Å². The Morgan fingerprint density at radius 3 is 2.44 bits per heavy atom. The fourth-order valence-corrected chi connectivity index (χ4v) is 1.88. The molecule has 0 unspecified atom stereocenters. The predicted molar refractivity (Wildman–Crippen MR) is 72.8 cm³/mol. The first-order valence-corrected chi connectivity index (χ1v) is 6.29. The number of carbonyl (C=O) groups is 1. The third kappa shape index (κ3) is 2.35. The van der Waals surface area contributed by atoms with Crippen molar-refractivity contribution in [3.63, 3.8) is 0 Å². The smallest absolute Gasteiger partial charge is 0.153 e. The number of aldehydes is 1. The van der Waals surface area contributed by atoms with Crippen molar-refractivity contribution in [1.82, 2.24) is 9.78 Å². The first-order valence-electron chi connectivity index (χ1n) is 6.29. The Balaban J connectivity index is 2.44. The lowest BCUT2D eigenvalue weighted by molar-refractivity contribution is 0.112. The zero-order valence-electron chi connectivity index (χ0n) is 11.1. The van der Waals surface area contributed by atoms with Crippen LogP contribution in [0.3, 0.4) is 0 Å². The summed E-state index contributed by atoms with van der Waals surface area (Å²) >= 11 is 0. The fourth-order valence-electron chi connectivity index (χ4n) is 1.88. The molecule has 2 aromatic rings. The number of carbonyl (C=O) groups excluding carboxylic acids is 1. The van der Waals surface area contributed by atoms with Crippen LogP contribution in [0.5, 0.6) is 0 Å². The van der Waals surface area contributed by atoms with Gasteiger partial charge in [0.2, 0.25) is 0 Å². The van der Waals surface area contributed by atoms with Crippen LogP contribution >= 0.6 is 0 Å². The van der Waals surface area contributed by atoms with Gasteiger partial charge < -0.3 is 0 Å². The van der Waals surface area contributed by atoms with Crippen LogP contribution in [0.1, 0.15) is 42.7 Å². The van der Waals surface area contributed by atoms with Gasteiger partial charge in [0.1, 0.15) is 5.69 Å². The molecular formula is C15H18N2O. The van der Waals surface area contributed by atoms with E-state index < -0.39 is 0 Å². The Bertz CT molecular complexity index is 538. The largest absolute Gasteiger partial charge is 0.298 e. The maximum atomic E-state index is 11.1. The first-order chi connectivity index (χ1) is 8.65. The maximum Gasteiger partial charge on any atom is 0.153 e. The van der Waals surface area contributed by atoms with Crippen LogP contribution in [-0.4, -0.2) is 16.1 Å². The minimum Gasteiger partial charge on any atom is -0.298 e. The number of aryl methyl sites for hydroxylation is 1. The van der Waals surface area contributed by atoms with Crippen molar-refractivity contribution < 1.29 is 4.79 Å². The molecule has 18 heavy (non-hydrogen) atoms. The van der Waals surface area contributed by atoms with Crippen LogP contribution in [0.15, 0.2) is 30.5 Å². The molecule has 0 atom stereocenters. The van der Waals surface area contributed by atoms with E-state index in [1.165, 1.54) is 5.56 Å². The summed E-state index contributed by atoms with van der Waals surface area (Å²) in [5.74, 6) is 0. The summed E-state index contributed by atoms with van der Waals surface area (Å²) in [6.45, 7) is 6.22. The highest BCUT2D eigenvalue weighted by Crippen LogP contribution is 2.22. The molecule has 0 saturated heterocycles. The van der Waals surface area contributed by atoms with E-state index in [1.807, 2.05) is 30.7 Å². The summed E-state index contributed by atoms with van der Waals surface area (Å²) < 4.78 is 1.83. The first kappa shape index (κ1) is 12.6. The van der Waals surface area contributed by atoms with Crippen LogP contribution in [0, 0.1) is 0 Å². The van der Waals surface area contributed by atoms with Gasteiger partial charge in [0, 0.05) is 17.8 Å². The third-order valence-corrected chi connectivity index (χ3v) is 3.05. The summed E-state index contributed by atoms with van der Waals surface area (Å²) in [6.07, 6.45) is 3.69. The van der Waals surface area contributed by atoms with Gasteiger partial charge in [-0.2, -0.15) is 5.10 Å². The summed E-state index contributed by atoms with van der Waals surface area (Å²) in [5.41, 5.74) is 3.69. The zero-order valence-corrected chi connectivity index (χ0v) is 11.1. The van der Waals surface area contributed by atoms with Gasteiger partial charge in [0.05, 0.1) is 5.56 Å². The second-order valence-corrected chi connectivity index (χ2v) is 4.68. The standard InChI is InChI=1S/C15H18N2O/c1-4-12-5-7-13(8-6-12)15-14(10-18)9-17(16-15)11(2)3/h5-11H,4H2,1-3H3. The number of hydrogen-bond acceptors (Lipinski definition) is 2. The lowest BCUT2D eigenvalue weighted by Gasteiger charge is -2.04. The Morgan fingerprint density at radius 1 is 1.28 bits per heavy atom. The van der Waals surface area contributed by atoms with Crippen LogP contribution in [0.2, 0.25) is 0 Å². The normalized spacial score (nSPS) is 10.9. The van der Waals surface area contributed by atoms with Crippen molar-refractivity contribution in [1.29, 1.82) is 0 Å². The van der Waals surface area contributed by atoms with Crippen molar-refractivity contribution in [3.8, 4) is 11.3 Å². The van der Waals surface area contributed by atoms with Crippen molar-refractivity contribution in [2.24, 2.45) is 0 Å². The minimum absolute atomic E-state index is 0.257. The maximum absolute atomic E-state index is 11.1. The summed E-state index contributed by atoms with van der Waals surface area (Å²) in [5, 5.41) is 4.49. The fraction of sp³-hybridized carbons (Fsp3) is 0.333. The van der Waals surface area contributed by atoms with Crippen molar-refractivity contribution >= 4 is 6.29 Å². The van der Waals surface area contributed by atoms with Gasteiger partial charge in [-0.25, -0.2) is 0 Å². The lowest BCUT2D eigenvalue weighted by Crippen LogP contribution is -2.00. The molecule has 0 aliphatic rings. The quantitative estimate of drug-likeness (QED) is 0.769. The second kappa shape index (κ2) is 5.17. The molecule has 3 heteroatoms. The Hall–Kier alpha value is -1.90. The Kier molecular flexibility index (Phi) is 3.60. The van der Waals surface area contributed by atoms with E-state index >= 15 is 0 Å². The van der Waals surface area contributed by atoms with Crippen LogP contribution < -0.4 is 0 Å². The number of hydrogen-bond donors (Lipinski definition) is 0. The van der Waals surface area contributed by atoms with Crippen molar-refractivity contribution in [2.75, 3.05) is 0 Å². The van der Waals surface area contributed by atoms with Crippen LogP contribution in [-0.2, 0) is 6.42 Å². The highest BCUT2D eigenvalue weighted by molar-refractivity contribution is 5.85. The topological polar surface area (TPSA) is 34.9 Å². The van der Waals surface area contributed by atoms with E-state index in [-0.39, 0.29) is 6.04 Å². The number of rotatable bonds is 4. The van der Waals surface area contributed by atoms with E-state index in [0.717, 1.165) is 24.0 Å². The van der Waals surface area contributed by atoms with Gasteiger partial charge in [-0.15, -0.1) is 0 Å². The minimum atomic E-state index is 0.257. The molecule has 1 aromatic heterocycles. The average Bonchev–Trinajstić information content (AvgIpc) is 2.83. The van der Waals surface area contributed by atoms with Gasteiger partial charge in [-0.3, -0.25) is 9.48 Å². The molecule has 0 radical (unpaired) electrons. The van der Waals surface area contributed by atoms with Gasteiger partial charge in [-0.05, 0) is 25.8 Å². The molecule has 0 amide bonds. The Morgan fingerprint density at radius 2 is 1.94 bits per heavy atom. The zero-order chi connectivity index (χ0) is 13.1. The third-order valence-electron chi connectivity index (χ3n) is 3.05. The molecule has 0 N–H and O–H groups in total. The van der Waals surface area contributed by atoms with E-state index in [9.17, 15) is 4.79 Å². The molecule has 1 heterocycles. The highest BCUT2D eigenvalue weighted by atomic mass is 16.1. The number of nitrogens with zero attached hydrogens (tertiary/aromatic N) is 2. The summed E-state index contributed by atoms with van der Waals surface area (Å²) in [7, 11) is 0. The predicted octanol–water partition coefficient (Wildman–Crippen LogP) is 3.51. The molecule has 0 saturated carbocycles. The molecule has 0 fully saturated rings. The van der Waals surface area contributed by atoms with Crippen LogP contribution in [0.4, 0.5) is 0 Å². The molecule has 2 rings (SSSR count). The van der Waals surface area contributed by atoms with E-state index in [0.29, 0.717) is 5.56 Å². The molecule has 3 nitrogen and oxygen atoms in total. The number of benzene rings is 1. The van der Waals surface area contributed by atoms with Gasteiger partial charge in [0.25, 0.3) is 0 Å². The Labute approximate surface area is 107 Å². The highest BCUT2D eigenvalue weighted by Gasteiger charge is 2.11. The molecule has 0 spiro atoms. The molecule has 0 aliphatic carbocycles. The van der Waals surface area contributed by atoms with Crippen molar-refractivity contribution in [3.05, 3.63) is 41.6 Å². The van der Waals surface area contributed by atoms with Gasteiger partial charge in [0.15, 0.2) is 6.29 Å². The summed E-state index contributed by atoms with van der Waals surface area (Å²) in [4.78, 5) is 11.1. The van der Waals surface area contributed by atoms with E-state index in [1.54, 1.807) is 6.20 Å². The summed E-state index contributed by atoms with van der Waals surface area (Å²) in [6, 6.07) is 8.47. The van der Waals surface area contributed by atoms with E-state index in [4.69, 9.17) is 0 Å². The molecule has 0 aliphatic heterocycles. The lowest BCUT2D eigenvalue weighted by atomic mass is 10.1. The van der Waals surface area contributed by atoms with Gasteiger partial charge >= 0.3 is 0 Å². The van der Waals surface area contributed by atoms with Crippen LogP contribution in [0.25, 0.3) is 11.3 Å². The average molecular weight is 242 g/mol. The number of aromatic nitrogens is 2. The monoisotopic (exact) mass is 242 g/mol.